The fourth-order valence-corrected chi connectivity index (χ4v) is 5.02. The molecule has 28 heavy (non-hydrogen) atoms. The zero-order valence-electron chi connectivity index (χ0n) is 16.3. The fourth-order valence-electron chi connectivity index (χ4n) is 3.92. The lowest BCUT2D eigenvalue weighted by Crippen LogP contribution is -2.34. The number of anilines is 1. The zero-order valence-corrected chi connectivity index (χ0v) is 18.6. The van der Waals surface area contributed by atoms with E-state index >= 15 is 0 Å². The number of imidazole rings is 1. The van der Waals surface area contributed by atoms with Crippen LogP contribution in [0.15, 0.2) is 41.6 Å². The number of aromatic nitrogens is 2. The van der Waals surface area contributed by atoms with Crippen molar-refractivity contribution < 1.29 is 0 Å². The molecule has 4 rings (SSSR count). The van der Waals surface area contributed by atoms with E-state index < -0.39 is 0 Å². The van der Waals surface area contributed by atoms with Crippen LogP contribution < -0.4 is 4.90 Å². The lowest BCUT2D eigenvalue weighted by Gasteiger charge is -2.33. The third kappa shape index (κ3) is 3.74. The second-order valence-electron chi connectivity index (χ2n) is 7.43. The van der Waals surface area contributed by atoms with E-state index in [4.69, 9.17) is 28.2 Å². The van der Waals surface area contributed by atoms with Crippen molar-refractivity contribution in [2.24, 2.45) is 5.92 Å². The molecule has 0 radical (unpaired) electrons. The van der Waals surface area contributed by atoms with E-state index in [2.05, 4.69) is 40.8 Å². The van der Waals surface area contributed by atoms with Crippen LogP contribution in [0, 0.1) is 5.92 Å². The van der Waals surface area contributed by atoms with Crippen LogP contribution in [-0.2, 0) is 0 Å². The van der Waals surface area contributed by atoms with E-state index in [0.29, 0.717) is 10.0 Å². The SMILES string of the molecule is CCCN(CC1CCC1)c1c(SC)nc2c(-c3ccc(Cl)cc3Cl)cccn12. The molecule has 1 saturated carbocycles. The summed E-state index contributed by atoms with van der Waals surface area (Å²) in [5.41, 5.74) is 2.94. The standard InChI is InChI=1S/C22H25Cl2N3S/c1-3-11-26(14-15-6-4-7-15)22-21(28-2)25-20-18(8-5-12-27(20)22)17-10-9-16(23)13-19(17)24/h5,8-10,12-13,15H,3-4,6-7,11,14H2,1-2H3. The van der Waals surface area contributed by atoms with Crippen molar-refractivity contribution in [1.82, 2.24) is 9.38 Å². The van der Waals surface area contributed by atoms with Gasteiger partial charge in [0.2, 0.25) is 0 Å². The topological polar surface area (TPSA) is 20.5 Å². The molecule has 0 spiro atoms. The van der Waals surface area contributed by atoms with E-state index in [1.54, 1.807) is 17.8 Å². The van der Waals surface area contributed by atoms with Gasteiger partial charge in [0, 0.05) is 35.4 Å². The van der Waals surface area contributed by atoms with E-state index in [9.17, 15) is 0 Å². The summed E-state index contributed by atoms with van der Waals surface area (Å²) in [7, 11) is 0. The van der Waals surface area contributed by atoms with Gasteiger partial charge in [-0.05, 0) is 55.7 Å². The molecule has 2 heterocycles. The minimum Gasteiger partial charge on any atom is -0.355 e. The highest BCUT2D eigenvalue weighted by Gasteiger charge is 2.25. The molecule has 0 unspecified atom stereocenters. The number of halogens is 2. The predicted molar refractivity (Wildman–Crippen MR) is 122 cm³/mol. The first-order valence-electron chi connectivity index (χ1n) is 9.87. The van der Waals surface area contributed by atoms with Crippen molar-refractivity contribution in [3.63, 3.8) is 0 Å². The van der Waals surface area contributed by atoms with Crippen LogP contribution in [0.2, 0.25) is 10.0 Å². The van der Waals surface area contributed by atoms with E-state index in [1.165, 1.54) is 25.1 Å². The molecule has 1 aliphatic rings. The molecule has 148 valence electrons. The molecule has 0 atom stereocenters. The van der Waals surface area contributed by atoms with Crippen LogP contribution in [0.25, 0.3) is 16.8 Å². The summed E-state index contributed by atoms with van der Waals surface area (Å²) >= 11 is 14.3. The Bertz CT molecular complexity index is 981. The van der Waals surface area contributed by atoms with Gasteiger partial charge in [-0.15, -0.1) is 11.8 Å². The van der Waals surface area contributed by atoms with Gasteiger partial charge in [-0.25, -0.2) is 4.98 Å². The number of thioether (sulfide) groups is 1. The highest BCUT2D eigenvalue weighted by Crippen LogP contribution is 2.38. The molecule has 2 aromatic heterocycles. The summed E-state index contributed by atoms with van der Waals surface area (Å²) < 4.78 is 2.24. The predicted octanol–water partition coefficient (Wildman–Crippen LogP) is 7.05. The third-order valence-electron chi connectivity index (χ3n) is 5.51. The summed E-state index contributed by atoms with van der Waals surface area (Å²) in [6, 6.07) is 9.82. The first kappa shape index (κ1) is 19.9. The number of nitrogens with zero attached hydrogens (tertiary/aromatic N) is 3. The Morgan fingerprint density at radius 3 is 2.68 bits per heavy atom. The molecule has 1 aromatic carbocycles. The summed E-state index contributed by atoms with van der Waals surface area (Å²) in [5.74, 6) is 2.02. The van der Waals surface area contributed by atoms with Crippen LogP contribution in [0.5, 0.6) is 0 Å². The Morgan fingerprint density at radius 1 is 1.21 bits per heavy atom. The van der Waals surface area contributed by atoms with Crippen LogP contribution in [0.3, 0.4) is 0 Å². The van der Waals surface area contributed by atoms with Gasteiger partial charge in [0.05, 0.1) is 5.02 Å². The van der Waals surface area contributed by atoms with Gasteiger partial charge in [-0.2, -0.15) is 0 Å². The molecule has 0 amide bonds. The second kappa shape index (κ2) is 8.56. The van der Waals surface area contributed by atoms with Crippen LogP contribution in [0.1, 0.15) is 32.6 Å². The van der Waals surface area contributed by atoms with Gasteiger partial charge in [0.15, 0.2) is 0 Å². The molecular formula is C22H25Cl2N3S. The summed E-state index contributed by atoms with van der Waals surface area (Å²) in [6.07, 6.45) is 9.40. The molecule has 0 saturated heterocycles. The first-order valence-corrected chi connectivity index (χ1v) is 11.9. The largest absolute Gasteiger partial charge is 0.355 e. The molecule has 0 N–H and O–H groups in total. The van der Waals surface area contributed by atoms with Crippen molar-refractivity contribution >= 4 is 46.4 Å². The number of fused-ring (bicyclic) bond motifs is 1. The number of benzene rings is 1. The Labute approximate surface area is 181 Å². The maximum Gasteiger partial charge on any atom is 0.147 e. The summed E-state index contributed by atoms with van der Waals surface area (Å²) in [6.45, 7) is 4.40. The number of rotatable bonds is 7. The third-order valence-corrected chi connectivity index (χ3v) is 6.71. The van der Waals surface area contributed by atoms with Crippen LogP contribution in [0.4, 0.5) is 5.82 Å². The minimum atomic E-state index is 0.643. The molecular weight excluding hydrogens is 409 g/mol. The lowest BCUT2D eigenvalue weighted by molar-refractivity contribution is 0.316. The zero-order chi connectivity index (χ0) is 19.7. The minimum absolute atomic E-state index is 0.643. The van der Waals surface area contributed by atoms with E-state index in [-0.39, 0.29) is 0 Å². The number of hydrogen-bond donors (Lipinski definition) is 0. The van der Waals surface area contributed by atoms with Gasteiger partial charge < -0.3 is 4.90 Å². The van der Waals surface area contributed by atoms with Crippen molar-refractivity contribution in [1.29, 1.82) is 0 Å². The highest BCUT2D eigenvalue weighted by molar-refractivity contribution is 7.98. The Balaban J connectivity index is 1.85. The molecule has 1 fully saturated rings. The summed E-state index contributed by atoms with van der Waals surface area (Å²) in [5, 5.41) is 2.37. The first-order chi connectivity index (χ1) is 13.6. The van der Waals surface area contributed by atoms with Gasteiger partial charge >= 0.3 is 0 Å². The second-order valence-corrected chi connectivity index (χ2v) is 9.07. The van der Waals surface area contributed by atoms with Gasteiger partial charge in [-0.3, -0.25) is 4.40 Å². The molecule has 6 heteroatoms. The quantitative estimate of drug-likeness (QED) is 0.372. The Kier molecular flexibility index (Phi) is 6.10. The normalized spacial score (nSPS) is 14.4. The van der Waals surface area contributed by atoms with Crippen LogP contribution in [-0.4, -0.2) is 28.7 Å². The Hall–Kier alpha value is -1.36. The number of pyridine rings is 1. The fraction of sp³-hybridized carbons (Fsp3) is 0.409. The smallest absolute Gasteiger partial charge is 0.147 e. The van der Waals surface area contributed by atoms with Crippen molar-refractivity contribution in [3.05, 3.63) is 46.6 Å². The Morgan fingerprint density at radius 2 is 2.04 bits per heavy atom. The van der Waals surface area contributed by atoms with Crippen molar-refractivity contribution in [3.8, 4) is 11.1 Å². The van der Waals surface area contributed by atoms with Crippen molar-refractivity contribution in [2.45, 2.75) is 37.6 Å². The maximum absolute atomic E-state index is 6.52. The average Bonchev–Trinajstić information content (AvgIpc) is 3.02. The molecule has 0 bridgehead atoms. The molecule has 1 aliphatic carbocycles. The van der Waals surface area contributed by atoms with E-state index in [0.717, 1.165) is 47.2 Å². The average molecular weight is 434 g/mol. The molecule has 3 nitrogen and oxygen atoms in total. The number of hydrogen-bond acceptors (Lipinski definition) is 3. The maximum atomic E-state index is 6.52. The van der Waals surface area contributed by atoms with Crippen molar-refractivity contribution in [2.75, 3.05) is 24.2 Å². The molecule has 0 aliphatic heterocycles. The van der Waals surface area contributed by atoms with Gasteiger partial charge in [-0.1, -0.05) is 42.6 Å². The highest BCUT2D eigenvalue weighted by atomic mass is 35.5. The lowest BCUT2D eigenvalue weighted by atomic mass is 9.85. The van der Waals surface area contributed by atoms with E-state index in [1.807, 2.05) is 12.1 Å². The summed E-state index contributed by atoms with van der Waals surface area (Å²) in [4.78, 5) is 7.55. The van der Waals surface area contributed by atoms with Gasteiger partial charge in [0.1, 0.15) is 16.5 Å². The van der Waals surface area contributed by atoms with Gasteiger partial charge in [0.25, 0.3) is 0 Å². The molecule has 3 aromatic rings. The monoisotopic (exact) mass is 433 g/mol. The van der Waals surface area contributed by atoms with Crippen LogP contribution >= 0.6 is 35.0 Å².